The SMILES string of the molecule is CCC[C@@H](C)C[C@@H](CC(=O)OC(C)(C)C)C(=O)O. The van der Waals surface area contributed by atoms with Crippen LogP contribution in [0.3, 0.4) is 0 Å². The standard InChI is InChI=1S/C14H26O4/c1-6-7-10(2)8-11(13(16)17)9-12(15)18-14(3,4)5/h10-11H,6-9H2,1-5H3,(H,16,17)/t10-,11+/m1/s1. The Bertz CT molecular complexity index is 278. The molecule has 0 bridgehead atoms. The van der Waals surface area contributed by atoms with Gasteiger partial charge in [-0.25, -0.2) is 0 Å². The van der Waals surface area contributed by atoms with E-state index in [0.717, 1.165) is 12.8 Å². The van der Waals surface area contributed by atoms with Crippen molar-refractivity contribution in [1.29, 1.82) is 0 Å². The molecule has 4 heteroatoms. The maximum absolute atomic E-state index is 11.6. The van der Waals surface area contributed by atoms with Gasteiger partial charge in [-0.3, -0.25) is 9.59 Å². The molecular weight excluding hydrogens is 232 g/mol. The van der Waals surface area contributed by atoms with Crippen molar-refractivity contribution in [2.45, 2.75) is 65.9 Å². The van der Waals surface area contributed by atoms with E-state index >= 15 is 0 Å². The van der Waals surface area contributed by atoms with E-state index in [1.165, 1.54) is 0 Å². The number of carboxylic acid groups (broad SMARTS) is 1. The van der Waals surface area contributed by atoms with Gasteiger partial charge in [0.1, 0.15) is 5.60 Å². The summed E-state index contributed by atoms with van der Waals surface area (Å²) in [5, 5.41) is 9.13. The summed E-state index contributed by atoms with van der Waals surface area (Å²) in [6, 6.07) is 0. The molecule has 0 unspecified atom stereocenters. The fraction of sp³-hybridized carbons (Fsp3) is 0.857. The average Bonchev–Trinajstić information content (AvgIpc) is 2.13. The topological polar surface area (TPSA) is 63.6 Å². The number of rotatable bonds is 7. The number of hydrogen-bond acceptors (Lipinski definition) is 3. The lowest BCUT2D eigenvalue weighted by molar-refractivity contribution is -0.160. The summed E-state index contributed by atoms with van der Waals surface area (Å²) >= 11 is 0. The lowest BCUT2D eigenvalue weighted by Gasteiger charge is -2.22. The van der Waals surface area contributed by atoms with E-state index in [0.29, 0.717) is 12.3 Å². The van der Waals surface area contributed by atoms with Gasteiger partial charge in [0.25, 0.3) is 0 Å². The summed E-state index contributed by atoms with van der Waals surface area (Å²) in [4.78, 5) is 22.8. The molecule has 0 aliphatic rings. The highest BCUT2D eigenvalue weighted by Crippen LogP contribution is 2.21. The maximum atomic E-state index is 11.6. The minimum absolute atomic E-state index is 0.0410. The Hall–Kier alpha value is -1.06. The van der Waals surface area contributed by atoms with E-state index in [9.17, 15) is 9.59 Å². The molecule has 0 radical (unpaired) electrons. The largest absolute Gasteiger partial charge is 0.481 e. The highest BCUT2D eigenvalue weighted by atomic mass is 16.6. The molecule has 0 aromatic heterocycles. The van der Waals surface area contributed by atoms with Gasteiger partial charge in [0.2, 0.25) is 0 Å². The number of aliphatic carboxylic acids is 1. The van der Waals surface area contributed by atoms with Crippen molar-refractivity contribution in [3.8, 4) is 0 Å². The molecule has 0 saturated heterocycles. The summed E-state index contributed by atoms with van der Waals surface area (Å²) < 4.78 is 5.16. The normalized spacial score (nSPS) is 14.9. The fourth-order valence-corrected chi connectivity index (χ4v) is 1.95. The number of carboxylic acids is 1. The summed E-state index contributed by atoms with van der Waals surface area (Å²) in [6.07, 6.45) is 2.50. The second kappa shape index (κ2) is 7.39. The Kier molecular flexibility index (Phi) is 6.96. The Balaban J connectivity index is 4.36. The zero-order valence-electron chi connectivity index (χ0n) is 12.2. The predicted molar refractivity (Wildman–Crippen MR) is 70.3 cm³/mol. The Morgan fingerprint density at radius 3 is 2.22 bits per heavy atom. The van der Waals surface area contributed by atoms with E-state index in [-0.39, 0.29) is 6.42 Å². The van der Waals surface area contributed by atoms with Gasteiger partial charge in [-0.1, -0.05) is 26.7 Å². The molecule has 2 atom stereocenters. The number of hydrogen-bond donors (Lipinski definition) is 1. The highest BCUT2D eigenvalue weighted by molar-refractivity contribution is 5.78. The zero-order valence-corrected chi connectivity index (χ0v) is 12.2. The Labute approximate surface area is 110 Å². The van der Waals surface area contributed by atoms with Crippen molar-refractivity contribution < 1.29 is 19.4 Å². The quantitative estimate of drug-likeness (QED) is 0.712. The first-order valence-corrected chi connectivity index (χ1v) is 6.60. The van der Waals surface area contributed by atoms with Gasteiger partial charge in [-0.05, 0) is 33.1 Å². The molecule has 4 nitrogen and oxygen atoms in total. The summed E-state index contributed by atoms with van der Waals surface area (Å²) in [5.41, 5.74) is -0.560. The van der Waals surface area contributed by atoms with Crippen LogP contribution in [0.25, 0.3) is 0 Å². The first kappa shape index (κ1) is 16.9. The lowest BCUT2D eigenvalue weighted by atomic mass is 9.90. The smallest absolute Gasteiger partial charge is 0.307 e. The lowest BCUT2D eigenvalue weighted by Crippen LogP contribution is -2.28. The molecule has 0 aromatic carbocycles. The van der Waals surface area contributed by atoms with E-state index in [4.69, 9.17) is 9.84 Å². The van der Waals surface area contributed by atoms with Gasteiger partial charge in [-0.15, -0.1) is 0 Å². The predicted octanol–water partition coefficient (Wildman–Crippen LogP) is 3.25. The van der Waals surface area contributed by atoms with Crippen LogP contribution in [0.4, 0.5) is 0 Å². The van der Waals surface area contributed by atoms with Crippen LogP contribution >= 0.6 is 0 Å². The van der Waals surface area contributed by atoms with Gasteiger partial charge in [0.05, 0.1) is 12.3 Å². The molecule has 0 amide bonds. The van der Waals surface area contributed by atoms with Crippen LogP contribution in [0.15, 0.2) is 0 Å². The van der Waals surface area contributed by atoms with Crippen LogP contribution in [-0.2, 0) is 14.3 Å². The zero-order chi connectivity index (χ0) is 14.3. The first-order valence-electron chi connectivity index (χ1n) is 6.60. The van der Waals surface area contributed by atoms with Crippen molar-refractivity contribution in [3.63, 3.8) is 0 Å². The molecule has 0 spiro atoms. The summed E-state index contributed by atoms with van der Waals surface area (Å²) in [6.45, 7) is 9.43. The van der Waals surface area contributed by atoms with Crippen molar-refractivity contribution in [2.24, 2.45) is 11.8 Å². The Morgan fingerprint density at radius 1 is 1.28 bits per heavy atom. The van der Waals surface area contributed by atoms with Crippen LogP contribution in [0.5, 0.6) is 0 Å². The maximum Gasteiger partial charge on any atom is 0.307 e. The molecule has 0 aliphatic carbocycles. The third-order valence-corrected chi connectivity index (χ3v) is 2.65. The van der Waals surface area contributed by atoms with Crippen molar-refractivity contribution >= 4 is 11.9 Å². The van der Waals surface area contributed by atoms with Crippen LogP contribution < -0.4 is 0 Å². The molecule has 0 aromatic rings. The van der Waals surface area contributed by atoms with Crippen molar-refractivity contribution in [1.82, 2.24) is 0 Å². The molecule has 0 aliphatic heterocycles. The molecule has 0 saturated carbocycles. The van der Waals surface area contributed by atoms with Crippen molar-refractivity contribution in [2.75, 3.05) is 0 Å². The number of carbonyl (C=O) groups is 2. The molecule has 106 valence electrons. The second-order valence-corrected chi connectivity index (χ2v) is 5.96. The summed E-state index contributed by atoms with van der Waals surface area (Å²) in [5.74, 6) is -1.66. The third-order valence-electron chi connectivity index (χ3n) is 2.65. The van der Waals surface area contributed by atoms with Gasteiger partial charge in [0.15, 0.2) is 0 Å². The van der Waals surface area contributed by atoms with Crippen LogP contribution in [0.1, 0.15) is 60.3 Å². The monoisotopic (exact) mass is 258 g/mol. The third kappa shape index (κ3) is 8.09. The van der Waals surface area contributed by atoms with Crippen LogP contribution in [-0.4, -0.2) is 22.6 Å². The number of ether oxygens (including phenoxy) is 1. The number of esters is 1. The van der Waals surface area contributed by atoms with E-state index in [1.54, 1.807) is 20.8 Å². The average molecular weight is 258 g/mol. The fourth-order valence-electron chi connectivity index (χ4n) is 1.95. The van der Waals surface area contributed by atoms with Gasteiger partial charge in [0, 0.05) is 0 Å². The molecule has 0 heterocycles. The Morgan fingerprint density at radius 2 is 1.83 bits per heavy atom. The minimum atomic E-state index is -0.913. The van der Waals surface area contributed by atoms with Crippen LogP contribution in [0.2, 0.25) is 0 Å². The van der Waals surface area contributed by atoms with Crippen LogP contribution in [0, 0.1) is 11.8 Å². The number of carbonyl (C=O) groups excluding carboxylic acids is 1. The minimum Gasteiger partial charge on any atom is -0.481 e. The van der Waals surface area contributed by atoms with Gasteiger partial charge < -0.3 is 9.84 Å². The molecule has 0 rings (SSSR count). The first-order chi connectivity index (χ1) is 8.15. The molecular formula is C14H26O4. The summed E-state index contributed by atoms with van der Waals surface area (Å²) in [7, 11) is 0. The van der Waals surface area contributed by atoms with E-state index < -0.39 is 23.5 Å². The highest BCUT2D eigenvalue weighted by Gasteiger charge is 2.26. The molecule has 18 heavy (non-hydrogen) atoms. The van der Waals surface area contributed by atoms with Crippen molar-refractivity contribution in [3.05, 3.63) is 0 Å². The van der Waals surface area contributed by atoms with E-state index in [1.807, 2.05) is 6.92 Å². The second-order valence-electron chi connectivity index (χ2n) is 5.96. The molecule has 1 N–H and O–H groups in total. The molecule has 0 fully saturated rings. The van der Waals surface area contributed by atoms with E-state index in [2.05, 4.69) is 6.92 Å². The van der Waals surface area contributed by atoms with Gasteiger partial charge in [-0.2, -0.15) is 0 Å². The van der Waals surface area contributed by atoms with Gasteiger partial charge >= 0.3 is 11.9 Å².